The molecule has 0 heterocycles. The van der Waals surface area contributed by atoms with Crippen LogP contribution in [-0.2, 0) is 10.1 Å². The maximum atomic E-state index is 10.5. The second-order valence-electron chi connectivity index (χ2n) is 8.38. The Bertz CT molecular complexity index is 601. The summed E-state index contributed by atoms with van der Waals surface area (Å²) in [7, 11) is 0.263. The van der Waals surface area contributed by atoms with Crippen molar-refractivity contribution in [2.24, 2.45) is 0 Å². The first-order valence-electron chi connectivity index (χ1n) is 11.7. The van der Waals surface area contributed by atoms with Crippen LogP contribution in [0.2, 0.25) is 0 Å². The Balaban J connectivity index is 0.000000642. The van der Waals surface area contributed by atoms with Crippen LogP contribution in [0, 0.1) is 6.92 Å². The molecule has 5 nitrogen and oxygen atoms in total. The zero-order chi connectivity index (χ0) is 22.7. The molecule has 6 heteroatoms. The molecule has 2 N–H and O–H groups in total. The van der Waals surface area contributed by atoms with Crippen LogP contribution in [0.1, 0.15) is 83.1 Å². The van der Waals surface area contributed by atoms with Gasteiger partial charge in [0.2, 0.25) is 0 Å². The Morgan fingerprint density at radius 1 is 0.800 bits per heavy atom. The molecule has 0 aliphatic carbocycles. The molecule has 0 unspecified atom stereocenters. The molecule has 30 heavy (non-hydrogen) atoms. The van der Waals surface area contributed by atoms with Gasteiger partial charge in [0.1, 0.15) is 0 Å². The Labute approximate surface area is 186 Å². The normalized spacial score (nSPS) is 11.4. The maximum Gasteiger partial charge on any atom is 0.294 e. The highest BCUT2D eigenvalue weighted by Crippen LogP contribution is 2.10. The van der Waals surface area contributed by atoms with E-state index in [1.807, 2.05) is 6.92 Å². The molecule has 0 saturated heterocycles. The first-order valence-corrected chi connectivity index (χ1v) is 13.1. The van der Waals surface area contributed by atoms with E-state index in [0.717, 1.165) is 5.56 Å². The zero-order valence-corrected chi connectivity index (χ0v) is 20.6. The fraction of sp³-hybridized carbons (Fsp3) is 0.750. The summed E-state index contributed by atoms with van der Waals surface area (Å²) in [5.74, 6) is 0. The van der Waals surface area contributed by atoms with Crippen molar-refractivity contribution in [3.8, 4) is 0 Å². The van der Waals surface area contributed by atoms with Crippen molar-refractivity contribution in [1.82, 2.24) is 10.2 Å². The molecule has 0 spiro atoms. The molecule has 0 aliphatic heterocycles. The minimum absolute atomic E-state index is 0.0666. The van der Waals surface area contributed by atoms with Gasteiger partial charge in [-0.25, -0.2) is 0 Å². The fourth-order valence-electron chi connectivity index (χ4n) is 3.09. The first kappa shape index (κ1) is 29.1. The number of hydrogen-bond donors (Lipinski definition) is 2. The van der Waals surface area contributed by atoms with E-state index in [4.69, 9.17) is 4.55 Å². The van der Waals surface area contributed by atoms with Gasteiger partial charge in [-0.1, -0.05) is 82.4 Å². The number of nitrogens with one attached hydrogen (secondary N) is 1. The van der Waals surface area contributed by atoms with E-state index in [2.05, 4.69) is 31.2 Å². The minimum Gasteiger partial charge on any atom is -0.317 e. The highest BCUT2D eigenvalue weighted by molar-refractivity contribution is 7.85. The minimum atomic E-state index is -4.02. The zero-order valence-electron chi connectivity index (χ0n) is 19.8. The number of unbranched alkanes of at least 4 members (excludes halogenated alkanes) is 9. The highest BCUT2D eigenvalue weighted by Gasteiger charge is 2.06. The molecule has 0 radical (unpaired) electrons. The van der Waals surface area contributed by atoms with Crippen molar-refractivity contribution in [2.75, 3.05) is 33.7 Å². The molecule has 1 rings (SSSR count). The van der Waals surface area contributed by atoms with Crippen molar-refractivity contribution in [2.45, 2.75) is 89.4 Å². The van der Waals surface area contributed by atoms with E-state index < -0.39 is 10.1 Å². The lowest BCUT2D eigenvalue weighted by molar-refractivity contribution is 0.393. The second-order valence-corrected chi connectivity index (χ2v) is 9.80. The largest absolute Gasteiger partial charge is 0.317 e. The predicted octanol–water partition coefficient (Wildman–Crippen LogP) is 5.69. The van der Waals surface area contributed by atoms with Crippen molar-refractivity contribution in [3.05, 3.63) is 29.8 Å². The van der Waals surface area contributed by atoms with Crippen LogP contribution in [-0.4, -0.2) is 51.6 Å². The molecular weight excluding hydrogens is 396 g/mol. The molecular formula is C24H46N2O3S. The summed E-state index contributed by atoms with van der Waals surface area (Å²) in [5.41, 5.74) is 0.956. The third kappa shape index (κ3) is 19.0. The van der Waals surface area contributed by atoms with E-state index in [-0.39, 0.29) is 4.90 Å². The van der Waals surface area contributed by atoms with Crippen LogP contribution < -0.4 is 5.32 Å². The van der Waals surface area contributed by atoms with Crippen LogP contribution in [0.5, 0.6) is 0 Å². The van der Waals surface area contributed by atoms with Crippen LogP contribution in [0.4, 0.5) is 0 Å². The summed E-state index contributed by atoms with van der Waals surface area (Å²) in [6.45, 7) is 7.72. The van der Waals surface area contributed by atoms with Gasteiger partial charge in [-0.15, -0.1) is 0 Å². The summed E-state index contributed by atoms with van der Waals surface area (Å²) < 4.78 is 29.6. The van der Waals surface area contributed by atoms with E-state index in [1.165, 1.54) is 102 Å². The van der Waals surface area contributed by atoms with Crippen molar-refractivity contribution >= 4 is 10.1 Å². The second kappa shape index (κ2) is 18.8. The molecule has 0 saturated carbocycles. The lowest BCUT2D eigenvalue weighted by Gasteiger charge is -2.09. The monoisotopic (exact) mass is 442 g/mol. The molecule has 0 atom stereocenters. The average Bonchev–Trinajstić information content (AvgIpc) is 2.68. The van der Waals surface area contributed by atoms with Gasteiger partial charge in [0, 0.05) is 0 Å². The van der Waals surface area contributed by atoms with E-state index in [0.29, 0.717) is 0 Å². The lowest BCUT2D eigenvalue weighted by Crippen LogP contribution is -2.22. The van der Waals surface area contributed by atoms with E-state index >= 15 is 0 Å². The van der Waals surface area contributed by atoms with Gasteiger partial charge in [0.05, 0.1) is 4.90 Å². The number of aryl methyl sites for hydroxylation is 1. The van der Waals surface area contributed by atoms with Gasteiger partial charge in [-0.2, -0.15) is 8.42 Å². The van der Waals surface area contributed by atoms with Gasteiger partial charge < -0.3 is 10.2 Å². The summed E-state index contributed by atoms with van der Waals surface area (Å²) in [5, 5.41) is 3.54. The summed E-state index contributed by atoms with van der Waals surface area (Å²) in [4.78, 5) is 2.19. The fourth-order valence-corrected chi connectivity index (χ4v) is 3.57. The van der Waals surface area contributed by atoms with Crippen molar-refractivity contribution < 1.29 is 13.0 Å². The number of benzene rings is 1. The summed E-state index contributed by atoms with van der Waals surface area (Å²) >= 11 is 0. The van der Waals surface area contributed by atoms with Crippen LogP contribution in [0.15, 0.2) is 29.2 Å². The van der Waals surface area contributed by atoms with Gasteiger partial charge in [-0.3, -0.25) is 4.55 Å². The standard InChI is InChI=1S/C17H38N2.C7H8O3S/c1-4-5-6-7-8-9-10-11-12-13-15-18-16-14-17-19(2)3;1-6-2-4-7(5-3-6)11(8,9)10/h18H,4-17H2,1-3H3;2-5H,1H3,(H,8,9,10). The number of rotatable bonds is 16. The molecule has 0 aromatic heterocycles. The first-order chi connectivity index (χ1) is 14.3. The summed E-state index contributed by atoms with van der Waals surface area (Å²) in [6.07, 6.45) is 15.6. The number of nitrogens with zero attached hydrogens (tertiary/aromatic N) is 1. The summed E-state index contributed by atoms with van der Waals surface area (Å²) in [6, 6.07) is 5.99. The van der Waals surface area contributed by atoms with E-state index in [9.17, 15) is 8.42 Å². The van der Waals surface area contributed by atoms with Crippen molar-refractivity contribution in [3.63, 3.8) is 0 Å². The average molecular weight is 443 g/mol. The molecule has 0 fully saturated rings. The van der Waals surface area contributed by atoms with Crippen LogP contribution >= 0.6 is 0 Å². The van der Waals surface area contributed by atoms with Gasteiger partial charge in [0.15, 0.2) is 0 Å². The van der Waals surface area contributed by atoms with E-state index in [1.54, 1.807) is 12.1 Å². The Morgan fingerprint density at radius 3 is 1.73 bits per heavy atom. The van der Waals surface area contributed by atoms with Crippen molar-refractivity contribution in [1.29, 1.82) is 0 Å². The third-order valence-electron chi connectivity index (χ3n) is 4.98. The predicted molar refractivity (Wildman–Crippen MR) is 129 cm³/mol. The lowest BCUT2D eigenvalue weighted by atomic mass is 10.1. The highest BCUT2D eigenvalue weighted by atomic mass is 32.2. The molecule has 0 amide bonds. The Hall–Kier alpha value is -0.950. The SMILES string of the molecule is CCCCCCCCCCCCNCCCN(C)C.Cc1ccc(S(=O)(=O)O)cc1. The van der Waals surface area contributed by atoms with Gasteiger partial charge in [0.25, 0.3) is 10.1 Å². The topological polar surface area (TPSA) is 69.6 Å². The molecule has 176 valence electrons. The third-order valence-corrected chi connectivity index (χ3v) is 5.85. The van der Waals surface area contributed by atoms with Crippen LogP contribution in [0.3, 0.4) is 0 Å². The molecule has 0 aliphatic rings. The Kier molecular flexibility index (Phi) is 18.2. The maximum absolute atomic E-state index is 10.5. The molecule has 1 aromatic rings. The molecule has 1 aromatic carbocycles. The van der Waals surface area contributed by atoms with Crippen LogP contribution in [0.25, 0.3) is 0 Å². The quantitative estimate of drug-likeness (QED) is 0.254. The Morgan fingerprint density at radius 2 is 1.27 bits per heavy atom. The molecule has 0 bridgehead atoms. The van der Waals surface area contributed by atoms with Gasteiger partial charge in [-0.05, 0) is 65.6 Å². The number of hydrogen-bond acceptors (Lipinski definition) is 4. The smallest absolute Gasteiger partial charge is 0.294 e. The van der Waals surface area contributed by atoms with Gasteiger partial charge >= 0.3 is 0 Å².